The average Bonchev–Trinajstić information content (AvgIpc) is 2.28. The third-order valence-electron chi connectivity index (χ3n) is 2.36. The standard InChI is InChI=1S/C11H22N2O4/c1-4-6-9(10(14)15)12-11(16)13(2)7-5-8-17-3/h9H,4-8H2,1-3H3,(H,12,16)(H,14,15)/t9-/m1/s1. The summed E-state index contributed by atoms with van der Waals surface area (Å²) in [6.07, 6.45) is 1.88. The van der Waals surface area contributed by atoms with Crippen LogP contribution < -0.4 is 5.32 Å². The van der Waals surface area contributed by atoms with Crippen molar-refractivity contribution in [2.24, 2.45) is 0 Å². The van der Waals surface area contributed by atoms with Crippen LogP contribution in [0.2, 0.25) is 0 Å². The second-order valence-electron chi connectivity index (χ2n) is 3.90. The number of ether oxygens (including phenoxy) is 1. The Kier molecular flexibility index (Phi) is 8.13. The molecule has 17 heavy (non-hydrogen) atoms. The molecule has 0 saturated carbocycles. The minimum Gasteiger partial charge on any atom is -0.480 e. The van der Waals surface area contributed by atoms with Crippen LogP contribution in [0.1, 0.15) is 26.2 Å². The summed E-state index contributed by atoms with van der Waals surface area (Å²) in [5.74, 6) is -0.995. The van der Waals surface area contributed by atoms with Gasteiger partial charge in [0.1, 0.15) is 6.04 Å². The van der Waals surface area contributed by atoms with Crippen molar-refractivity contribution in [3.8, 4) is 0 Å². The fraction of sp³-hybridized carbons (Fsp3) is 0.818. The van der Waals surface area contributed by atoms with Gasteiger partial charge in [-0.05, 0) is 12.8 Å². The van der Waals surface area contributed by atoms with Crippen molar-refractivity contribution in [2.45, 2.75) is 32.2 Å². The van der Waals surface area contributed by atoms with Crippen LogP contribution in [0.4, 0.5) is 4.79 Å². The predicted octanol–water partition coefficient (Wildman–Crippen LogP) is 0.918. The minimum atomic E-state index is -0.995. The van der Waals surface area contributed by atoms with E-state index in [4.69, 9.17) is 9.84 Å². The summed E-state index contributed by atoms with van der Waals surface area (Å²) in [4.78, 5) is 24.0. The molecule has 6 nitrogen and oxygen atoms in total. The molecule has 0 spiro atoms. The first-order chi connectivity index (χ1) is 8.02. The van der Waals surface area contributed by atoms with Gasteiger partial charge in [-0.1, -0.05) is 13.3 Å². The van der Waals surface area contributed by atoms with Gasteiger partial charge in [-0.3, -0.25) is 0 Å². The number of hydrogen-bond donors (Lipinski definition) is 2. The van der Waals surface area contributed by atoms with Crippen molar-refractivity contribution in [3.05, 3.63) is 0 Å². The summed E-state index contributed by atoms with van der Waals surface area (Å²) in [6, 6.07) is -1.17. The van der Waals surface area contributed by atoms with E-state index in [1.54, 1.807) is 14.2 Å². The third-order valence-corrected chi connectivity index (χ3v) is 2.36. The van der Waals surface area contributed by atoms with Crippen molar-refractivity contribution in [1.29, 1.82) is 0 Å². The molecule has 100 valence electrons. The van der Waals surface area contributed by atoms with Gasteiger partial charge in [0, 0.05) is 27.3 Å². The van der Waals surface area contributed by atoms with E-state index >= 15 is 0 Å². The maximum Gasteiger partial charge on any atom is 0.326 e. The Morgan fingerprint density at radius 2 is 2.12 bits per heavy atom. The van der Waals surface area contributed by atoms with Crippen molar-refractivity contribution in [1.82, 2.24) is 10.2 Å². The van der Waals surface area contributed by atoms with Crippen molar-refractivity contribution >= 4 is 12.0 Å². The van der Waals surface area contributed by atoms with Crippen molar-refractivity contribution in [2.75, 3.05) is 27.3 Å². The van der Waals surface area contributed by atoms with Crippen LogP contribution in [0.3, 0.4) is 0 Å². The molecule has 6 heteroatoms. The van der Waals surface area contributed by atoms with Gasteiger partial charge in [0.2, 0.25) is 0 Å². The molecule has 2 amide bonds. The summed E-state index contributed by atoms with van der Waals surface area (Å²) in [5.41, 5.74) is 0. The summed E-state index contributed by atoms with van der Waals surface area (Å²) in [6.45, 7) is 3.00. The number of methoxy groups -OCH3 is 1. The highest BCUT2D eigenvalue weighted by atomic mass is 16.5. The molecule has 0 bridgehead atoms. The van der Waals surface area contributed by atoms with E-state index in [1.807, 2.05) is 6.92 Å². The molecule has 0 saturated heterocycles. The van der Waals surface area contributed by atoms with E-state index in [9.17, 15) is 9.59 Å². The lowest BCUT2D eigenvalue weighted by atomic mass is 10.2. The Labute approximate surface area is 102 Å². The number of nitrogens with zero attached hydrogens (tertiary/aromatic N) is 1. The van der Waals surface area contributed by atoms with E-state index in [2.05, 4.69) is 5.32 Å². The molecular formula is C11H22N2O4. The summed E-state index contributed by atoms with van der Waals surface area (Å²) < 4.78 is 4.88. The van der Waals surface area contributed by atoms with Gasteiger partial charge in [-0.2, -0.15) is 0 Å². The lowest BCUT2D eigenvalue weighted by Crippen LogP contribution is -2.46. The largest absolute Gasteiger partial charge is 0.480 e. The summed E-state index contributed by atoms with van der Waals surface area (Å²) in [5, 5.41) is 11.4. The fourth-order valence-electron chi connectivity index (χ4n) is 1.35. The second kappa shape index (κ2) is 8.81. The first kappa shape index (κ1) is 15.7. The molecule has 0 aromatic rings. The number of carboxylic acid groups (broad SMARTS) is 1. The number of urea groups is 1. The number of rotatable bonds is 8. The molecule has 0 aromatic heterocycles. The van der Waals surface area contributed by atoms with Gasteiger partial charge >= 0.3 is 12.0 Å². The quantitative estimate of drug-likeness (QED) is 0.624. The molecule has 0 radical (unpaired) electrons. The predicted molar refractivity (Wildman–Crippen MR) is 64.0 cm³/mol. The molecule has 0 aliphatic heterocycles. The number of nitrogens with one attached hydrogen (secondary N) is 1. The van der Waals surface area contributed by atoms with Crippen molar-refractivity contribution < 1.29 is 19.4 Å². The number of carbonyl (C=O) groups excluding carboxylic acids is 1. The highest BCUT2D eigenvalue weighted by molar-refractivity contribution is 5.82. The molecule has 0 fully saturated rings. The zero-order valence-corrected chi connectivity index (χ0v) is 10.7. The molecule has 0 aliphatic rings. The number of amides is 2. The van der Waals surface area contributed by atoms with Gasteiger partial charge in [0.15, 0.2) is 0 Å². The molecule has 0 unspecified atom stereocenters. The number of hydrogen-bond acceptors (Lipinski definition) is 3. The maximum atomic E-state index is 11.6. The average molecular weight is 246 g/mol. The van der Waals surface area contributed by atoms with Crippen LogP contribution in [0.15, 0.2) is 0 Å². The van der Waals surface area contributed by atoms with Crippen LogP contribution in [0, 0.1) is 0 Å². The zero-order valence-electron chi connectivity index (χ0n) is 10.7. The Morgan fingerprint density at radius 3 is 2.59 bits per heavy atom. The van der Waals surface area contributed by atoms with Crippen LogP contribution >= 0.6 is 0 Å². The topological polar surface area (TPSA) is 78.9 Å². The number of aliphatic carboxylic acids is 1. The first-order valence-electron chi connectivity index (χ1n) is 5.76. The van der Waals surface area contributed by atoms with Crippen molar-refractivity contribution in [3.63, 3.8) is 0 Å². The molecule has 0 heterocycles. The lowest BCUT2D eigenvalue weighted by molar-refractivity contribution is -0.139. The molecule has 1 atom stereocenters. The highest BCUT2D eigenvalue weighted by Crippen LogP contribution is 1.98. The van der Waals surface area contributed by atoms with Crippen LogP contribution in [-0.4, -0.2) is 55.4 Å². The molecular weight excluding hydrogens is 224 g/mol. The van der Waals surface area contributed by atoms with E-state index in [0.29, 0.717) is 26.0 Å². The first-order valence-corrected chi connectivity index (χ1v) is 5.76. The Hall–Kier alpha value is -1.30. The van der Waals surface area contributed by atoms with Crippen LogP contribution in [0.25, 0.3) is 0 Å². The normalized spacial score (nSPS) is 11.9. The molecule has 0 rings (SSSR count). The van der Waals surface area contributed by atoms with E-state index in [0.717, 1.165) is 6.42 Å². The monoisotopic (exact) mass is 246 g/mol. The van der Waals surface area contributed by atoms with Crippen LogP contribution in [-0.2, 0) is 9.53 Å². The SMILES string of the molecule is CCC[C@@H](NC(=O)N(C)CCCOC)C(=O)O. The molecule has 0 aromatic carbocycles. The second-order valence-corrected chi connectivity index (χ2v) is 3.90. The Bertz CT molecular complexity index is 246. The lowest BCUT2D eigenvalue weighted by Gasteiger charge is -2.21. The third kappa shape index (κ3) is 6.78. The Balaban J connectivity index is 4.06. The smallest absolute Gasteiger partial charge is 0.326 e. The van der Waals surface area contributed by atoms with Gasteiger partial charge < -0.3 is 20.1 Å². The minimum absolute atomic E-state index is 0.359. The van der Waals surface area contributed by atoms with E-state index in [-0.39, 0.29) is 6.03 Å². The maximum absolute atomic E-state index is 11.6. The molecule has 0 aliphatic carbocycles. The van der Waals surface area contributed by atoms with Gasteiger partial charge in [0.05, 0.1) is 0 Å². The van der Waals surface area contributed by atoms with E-state index < -0.39 is 12.0 Å². The fourth-order valence-corrected chi connectivity index (χ4v) is 1.35. The van der Waals surface area contributed by atoms with Gasteiger partial charge in [-0.25, -0.2) is 9.59 Å². The van der Waals surface area contributed by atoms with E-state index in [1.165, 1.54) is 4.90 Å². The van der Waals surface area contributed by atoms with Crippen LogP contribution in [0.5, 0.6) is 0 Å². The van der Waals surface area contributed by atoms with Gasteiger partial charge in [-0.15, -0.1) is 0 Å². The highest BCUT2D eigenvalue weighted by Gasteiger charge is 2.20. The molecule has 2 N–H and O–H groups in total. The Morgan fingerprint density at radius 1 is 1.47 bits per heavy atom. The van der Waals surface area contributed by atoms with Gasteiger partial charge in [0.25, 0.3) is 0 Å². The summed E-state index contributed by atoms with van der Waals surface area (Å²) >= 11 is 0. The number of carboxylic acids is 1. The number of carbonyl (C=O) groups is 2. The summed E-state index contributed by atoms with van der Waals surface area (Å²) in [7, 11) is 3.23. The zero-order chi connectivity index (χ0) is 13.3.